The molecule has 1 saturated carbocycles. The number of nitrogens with one attached hydrogen (secondary N) is 1. The van der Waals surface area contributed by atoms with Crippen LogP contribution >= 0.6 is 0 Å². The van der Waals surface area contributed by atoms with Crippen LogP contribution < -0.4 is 0 Å². The van der Waals surface area contributed by atoms with Crippen molar-refractivity contribution >= 4 is 10.9 Å². The van der Waals surface area contributed by atoms with Crippen molar-refractivity contribution in [3.8, 4) is 0 Å². The van der Waals surface area contributed by atoms with Crippen LogP contribution in [0.3, 0.4) is 0 Å². The van der Waals surface area contributed by atoms with Crippen LogP contribution in [-0.4, -0.2) is 34.2 Å². The Kier molecular flexibility index (Phi) is 2.89. The van der Waals surface area contributed by atoms with E-state index in [0.29, 0.717) is 12.0 Å². The second-order valence-corrected chi connectivity index (χ2v) is 7.55. The van der Waals surface area contributed by atoms with E-state index in [2.05, 4.69) is 34.1 Å². The summed E-state index contributed by atoms with van der Waals surface area (Å²) in [6.07, 6.45) is 5.59. The smallest absolute Gasteiger partial charge is 0.0543 e. The van der Waals surface area contributed by atoms with Gasteiger partial charge in [-0.05, 0) is 55.6 Å². The highest BCUT2D eigenvalue weighted by Gasteiger charge is 2.42. The topological polar surface area (TPSA) is 39.3 Å². The molecule has 2 fully saturated rings. The maximum atomic E-state index is 10.0. The molecule has 2 aliphatic heterocycles. The fourth-order valence-electron chi connectivity index (χ4n) is 5.27. The van der Waals surface area contributed by atoms with E-state index in [9.17, 15) is 5.11 Å². The van der Waals surface area contributed by atoms with Crippen LogP contribution in [0, 0.1) is 11.8 Å². The lowest BCUT2D eigenvalue weighted by Crippen LogP contribution is -2.48. The lowest BCUT2D eigenvalue weighted by molar-refractivity contribution is -0.0107. The molecule has 3 nitrogen and oxygen atoms in total. The van der Waals surface area contributed by atoms with Gasteiger partial charge >= 0.3 is 0 Å². The number of nitrogens with zero attached hydrogens (tertiary/aromatic N) is 1. The second-order valence-electron chi connectivity index (χ2n) is 7.55. The van der Waals surface area contributed by atoms with Crippen molar-refractivity contribution < 1.29 is 5.11 Å². The van der Waals surface area contributed by atoms with Gasteiger partial charge in [0.2, 0.25) is 0 Å². The van der Waals surface area contributed by atoms with Gasteiger partial charge in [-0.2, -0.15) is 0 Å². The van der Waals surface area contributed by atoms with Gasteiger partial charge in [0.15, 0.2) is 0 Å². The monoisotopic (exact) mass is 296 g/mol. The first kappa shape index (κ1) is 13.1. The first-order chi connectivity index (χ1) is 10.8. The van der Waals surface area contributed by atoms with Gasteiger partial charge in [-0.1, -0.05) is 18.2 Å². The average molecular weight is 296 g/mol. The average Bonchev–Trinajstić information content (AvgIpc) is 2.92. The number of fused-ring (bicyclic) bond motifs is 6. The number of rotatable bonds is 0. The van der Waals surface area contributed by atoms with E-state index < -0.39 is 0 Å². The summed E-state index contributed by atoms with van der Waals surface area (Å²) in [5.74, 6) is 1.52. The van der Waals surface area contributed by atoms with Crippen LogP contribution in [0.15, 0.2) is 24.3 Å². The van der Waals surface area contributed by atoms with Crippen LogP contribution in [0.25, 0.3) is 10.9 Å². The molecule has 3 heterocycles. The Hall–Kier alpha value is -1.32. The molecule has 2 N–H and O–H groups in total. The number of aliphatic hydroxyl groups excluding tert-OH is 1. The van der Waals surface area contributed by atoms with Crippen molar-refractivity contribution in [2.75, 3.05) is 13.1 Å². The van der Waals surface area contributed by atoms with Gasteiger partial charge in [0.25, 0.3) is 0 Å². The predicted molar refractivity (Wildman–Crippen MR) is 87.8 cm³/mol. The third-order valence-corrected chi connectivity index (χ3v) is 6.38. The minimum absolute atomic E-state index is 0.0569. The van der Waals surface area contributed by atoms with Gasteiger partial charge in [-0.3, -0.25) is 4.90 Å². The molecule has 3 aliphatic rings. The molecule has 4 atom stereocenters. The highest BCUT2D eigenvalue weighted by Crippen LogP contribution is 2.46. The number of hydrogen-bond donors (Lipinski definition) is 2. The molecule has 22 heavy (non-hydrogen) atoms. The first-order valence-corrected chi connectivity index (χ1v) is 8.81. The summed E-state index contributed by atoms with van der Waals surface area (Å²) in [7, 11) is 0. The summed E-state index contributed by atoms with van der Waals surface area (Å²) in [6.45, 7) is 2.43. The molecule has 3 heteroatoms. The number of aromatic amines is 1. The molecule has 1 aromatic heterocycles. The molecule has 1 aliphatic carbocycles. The number of para-hydroxylation sites is 1. The summed E-state index contributed by atoms with van der Waals surface area (Å²) < 4.78 is 0. The van der Waals surface area contributed by atoms with E-state index in [4.69, 9.17) is 0 Å². The quantitative estimate of drug-likeness (QED) is 0.783. The fourth-order valence-corrected chi connectivity index (χ4v) is 5.27. The minimum atomic E-state index is -0.0569. The lowest BCUT2D eigenvalue weighted by Gasteiger charge is -2.48. The van der Waals surface area contributed by atoms with Crippen LogP contribution in [-0.2, 0) is 6.42 Å². The van der Waals surface area contributed by atoms with E-state index in [-0.39, 0.29) is 6.10 Å². The van der Waals surface area contributed by atoms with Crippen LogP contribution in [0.4, 0.5) is 0 Å². The summed E-state index contributed by atoms with van der Waals surface area (Å²) in [5.41, 5.74) is 4.30. The Morgan fingerprint density at radius 1 is 1.09 bits per heavy atom. The molecule has 1 aromatic carbocycles. The summed E-state index contributed by atoms with van der Waals surface area (Å²) in [5, 5.41) is 11.5. The molecule has 1 saturated heterocycles. The van der Waals surface area contributed by atoms with Gasteiger partial charge < -0.3 is 10.1 Å². The van der Waals surface area contributed by atoms with Gasteiger partial charge in [-0.15, -0.1) is 0 Å². The zero-order valence-corrected chi connectivity index (χ0v) is 13.0. The van der Waals surface area contributed by atoms with Crippen LogP contribution in [0.2, 0.25) is 0 Å². The van der Waals surface area contributed by atoms with Crippen molar-refractivity contribution in [1.29, 1.82) is 0 Å². The van der Waals surface area contributed by atoms with E-state index in [1.54, 1.807) is 5.56 Å². The SMILES string of the molecule is O[C@H]1CCC2CN3CCc4c([nH]c5ccccc45)C3CC2C1. The molecular weight excluding hydrogens is 272 g/mol. The van der Waals surface area contributed by atoms with E-state index in [1.807, 2.05) is 0 Å². The van der Waals surface area contributed by atoms with Gasteiger partial charge in [0.1, 0.15) is 0 Å². The maximum Gasteiger partial charge on any atom is 0.0543 e. The second kappa shape index (κ2) is 4.84. The summed E-state index contributed by atoms with van der Waals surface area (Å²) in [4.78, 5) is 6.42. The Bertz CT molecular complexity index is 707. The summed E-state index contributed by atoms with van der Waals surface area (Å²) >= 11 is 0. The highest BCUT2D eigenvalue weighted by atomic mass is 16.3. The standard InChI is InChI=1S/C19H24N2O/c22-14-6-5-12-11-21-8-7-16-15-3-1-2-4-17(15)20-19(16)18(21)10-13(12)9-14/h1-4,12-14,18,20,22H,5-11H2/t12?,13?,14-,18?/m0/s1. The highest BCUT2D eigenvalue weighted by molar-refractivity contribution is 5.85. The molecule has 5 rings (SSSR count). The Balaban J connectivity index is 1.53. The third-order valence-electron chi connectivity index (χ3n) is 6.38. The minimum Gasteiger partial charge on any atom is -0.393 e. The van der Waals surface area contributed by atoms with E-state index in [0.717, 1.165) is 18.8 Å². The zero-order chi connectivity index (χ0) is 14.7. The first-order valence-electron chi connectivity index (χ1n) is 8.81. The molecule has 0 radical (unpaired) electrons. The lowest BCUT2D eigenvalue weighted by atomic mass is 9.70. The zero-order valence-electron chi connectivity index (χ0n) is 13.0. The van der Waals surface area contributed by atoms with Gasteiger partial charge in [-0.25, -0.2) is 0 Å². The molecule has 0 spiro atoms. The molecule has 0 amide bonds. The molecule has 116 valence electrons. The summed E-state index contributed by atoms with van der Waals surface area (Å²) in [6, 6.07) is 9.28. The number of H-pyrrole nitrogens is 1. The van der Waals surface area contributed by atoms with E-state index in [1.165, 1.54) is 48.9 Å². The number of aliphatic hydroxyl groups is 1. The number of hydrogen-bond acceptors (Lipinski definition) is 2. The third kappa shape index (κ3) is 1.88. The van der Waals surface area contributed by atoms with Crippen molar-refractivity contribution in [1.82, 2.24) is 9.88 Å². The van der Waals surface area contributed by atoms with Crippen molar-refractivity contribution in [2.24, 2.45) is 11.8 Å². The Morgan fingerprint density at radius 2 is 2.00 bits per heavy atom. The number of benzene rings is 1. The largest absolute Gasteiger partial charge is 0.393 e. The molecule has 2 aromatic rings. The van der Waals surface area contributed by atoms with Crippen LogP contribution in [0.1, 0.15) is 43.0 Å². The molecule has 0 bridgehead atoms. The van der Waals surface area contributed by atoms with Crippen molar-refractivity contribution in [2.45, 2.75) is 44.2 Å². The Labute approximate surface area is 131 Å². The molecule has 3 unspecified atom stereocenters. The van der Waals surface area contributed by atoms with Gasteiger partial charge in [0.05, 0.1) is 12.1 Å². The van der Waals surface area contributed by atoms with Gasteiger partial charge in [0, 0.05) is 29.7 Å². The van der Waals surface area contributed by atoms with Crippen LogP contribution in [0.5, 0.6) is 0 Å². The van der Waals surface area contributed by atoms with Crippen molar-refractivity contribution in [3.63, 3.8) is 0 Å². The maximum absolute atomic E-state index is 10.0. The number of aromatic nitrogens is 1. The van der Waals surface area contributed by atoms with Crippen molar-refractivity contribution in [3.05, 3.63) is 35.5 Å². The Morgan fingerprint density at radius 3 is 2.95 bits per heavy atom. The molecular formula is C19H24N2O. The van der Waals surface area contributed by atoms with E-state index >= 15 is 0 Å². The predicted octanol–water partition coefficient (Wildman–Crippen LogP) is 3.25. The number of piperidine rings is 1. The fraction of sp³-hybridized carbons (Fsp3) is 0.579. The normalized spacial score (nSPS) is 35.0.